The van der Waals surface area contributed by atoms with Crippen LogP contribution in [0.4, 0.5) is 0 Å². The number of carbonyl (C=O) groups is 1. The standard InChI is InChI=1S/C19H21NO2S/c21-18-13-19(23-15-17-9-5-2-6-10-17)20(18)11-12-22-14-16-7-3-1-4-8-16/h1-10,19H,11-15H2. The van der Waals surface area contributed by atoms with E-state index in [1.54, 1.807) is 0 Å². The lowest BCUT2D eigenvalue weighted by Crippen LogP contribution is -2.51. The van der Waals surface area contributed by atoms with Crippen LogP contribution in [-0.4, -0.2) is 29.3 Å². The van der Waals surface area contributed by atoms with Crippen LogP contribution in [0, 0.1) is 0 Å². The zero-order chi connectivity index (χ0) is 15.9. The fourth-order valence-electron chi connectivity index (χ4n) is 2.54. The molecule has 0 saturated carbocycles. The second-order valence-electron chi connectivity index (χ2n) is 5.58. The Morgan fingerprint density at radius 2 is 1.65 bits per heavy atom. The molecule has 0 spiro atoms. The van der Waals surface area contributed by atoms with Gasteiger partial charge >= 0.3 is 0 Å². The van der Waals surface area contributed by atoms with E-state index in [9.17, 15) is 4.79 Å². The molecule has 3 nitrogen and oxygen atoms in total. The van der Waals surface area contributed by atoms with Gasteiger partial charge in [0.1, 0.15) is 0 Å². The molecule has 23 heavy (non-hydrogen) atoms. The molecule has 1 aliphatic heterocycles. The Kier molecular flexibility index (Phi) is 5.72. The van der Waals surface area contributed by atoms with Crippen molar-refractivity contribution in [2.45, 2.75) is 24.2 Å². The molecular weight excluding hydrogens is 306 g/mol. The summed E-state index contributed by atoms with van der Waals surface area (Å²) >= 11 is 1.83. The van der Waals surface area contributed by atoms with Crippen molar-refractivity contribution in [3.05, 3.63) is 71.8 Å². The molecule has 0 radical (unpaired) electrons. The van der Waals surface area contributed by atoms with Gasteiger partial charge in [0.15, 0.2) is 0 Å². The van der Waals surface area contributed by atoms with Crippen molar-refractivity contribution in [3.63, 3.8) is 0 Å². The molecule has 0 aliphatic carbocycles. The van der Waals surface area contributed by atoms with E-state index in [4.69, 9.17) is 4.74 Å². The fraction of sp³-hybridized carbons (Fsp3) is 0.316. The number of ether oxygens (including phenoxy) is 1. The molecule has 120 valence electrons. The average Bonchev–Trinajstić information content (AvgIpc) is 2.60. The number of β-lactam (4-membered cyclic amide) rings is 1. The number of benzene rings is 2. The third kappa shape index (κ3) is 4.60. The van der Waals surface area contributed by atoms with Crippen molar-refractivity contribution >= 4 is 17.7 Å². The average molecular weight is 327 g/mol. The van der Waals surface area contributed by atoms with Gasteiger partial charge in [0.2, 0.25) is 5.91 Å². The highest BCUT2D eigenvalue weighted by Crippen LogP contribution is 2.31. The van der Waals surface area contributed by atoms with E-state index in [2.05, 4.69) is 24.3 Å². The van der Waals surface area contributed by atoms with Crippen LogP contribution in [0.1, 0.15) is 17.5 Å². The number of hydrogen-bond acceptors (Lipinski definition) is 3. The van der Waals surface area contributed by atoms with Gasteiger partial charge in [0.05, 0.1) is 25.0 Å². The molecule has 1 fully saturated rings. The largest absolute Gasteiger partial charge is 0.375 e. The second-order valence-corrected chi connectivity index (χ2v) is 6.75. The maximum atomic E-state index is 11.8. The summed E-state index contributed by atoms with van der Waals surface area (Å²) in [6.07, 6.45) is 0.649. The van der Waals surface area contributed by atoms with E-state index in [-0.39, 0.29) is 5.91 Å². The molecule has 0 bridgehead atoms. The number of rotatable bonds is 8. The van der Waals surface area contributed by atoms with Crippen LogP contribution in [0.15, 0.2) is 60.7 Å². The molecule has 1 heterocycles. The number of nitrogens with zero attached hydrogens (tertiary/aromatic N) is 1. The molecule has 1 amide bonds. The molecule has 1 saturated heterocycles. The topological polar surface area (TPSA) is 29.5 Å². The van der Waals surface area contributed by atoms with E-state index in [0.717, 1.165) is 11.3 Å². The van der Waals surface area contributed by atoms with Crippen molar-refractivity contribution in [3.8, 4) is 0 Å². The smallest absolute Gasteiger partial charge is 0.226 e. The van der Waals surface area contributed by atoms with Crippen molar-refractivity contribution < 1.29 is 9.53 Å². The normalized spacial score (nSPS) is 17.1. The predicted molar refractivity (Wildman–Crippen MR) is 94.0 cm³/mol. The Labute approximate surface area is 141 Å². The Bertz CT molecular complexity index is 618. The monoisotopic (exact) mass is 327 g/mol. The maximum absolute atomic E-state index is 11.8. The summed E-state index contributed by atoms with van der Waals surface area (Å²) in [4.78, 5) is 13.7. The second kappa shape index (κ2) is 8.18. The van der Waals surface area contributed by atoms with Crippen LogP contribution in [0.3, 0.4) is 0 Å². The summed E-state index contributed by atoms with van der Waals surface area (Å²) in [5.74, 6) is 1.18. The highest BCUT2D eigenvalue weighted by atomic mass is 32.2. The van der Waals surface area contributed by atoms with Crippen LogP contribution in [-0.2, 0) is 21.9 Å². The number of carbonyl (C=O) groups excluding carboxylic acids is 1. The van der Waals surface area contributed by atoms with Crippen molar-refractivity contribution in [2.75, 3.05) is 13.2 Å². The SMILES string of the molecule is O=C1CC(SCc2ccccc2)N1CCOCc1ccccc1. The van der Waals surface area contributed by atoms with Gasteiger partial charge < -0.3 is 9.64 Å². The van der Waals surface area contributed by atoms with Gasteiger partial charge in [-0.15, -0.1) is 11.8 Å². The minimum Gasteiger partial charge on any atom is -0.375 e. The Balaban J connectivity index is 1.37. The predicted octanol–water partition coefficient (Wildman–Crippen LogP) is 3.70. The van der Waals surface area contributed by atoms with Crippen LogP contribution >= 0.6 is 11.8 Å². The number of thioether (sulfide) groups is 1. The Morgan fingerprint density at radius 1 is 1.00 bits per heavy atom. The van der Waals surface area contributed by atoms with Gasteiger partial charge in [0, 0.05) is 12.3 Å². The lowest BCUT2D eigenvalue weighted by atomic mass is 10.2. The first-order valence-electron chi connectivity index (χ1n) is 7.89. The molecule has 1 unspecified atom stereocenters. The first-order valence-corrected chi connectivity index (χ1v) is 8.94. The zero-order valence-corrected chi connectivity index (χ0v) is 13.9. The quantitative estimate of drug-likeness (QED) is 0.547. The summed E-state index contributed by atoms with van der Waals surface area (Å²) in [7, 11) is 0. The van der Waals surface area contributed by atoms with Crippen LogP contribution in [0.25, 0.3) is 0 Å². The lowest BCUT2D eigenvalue weighted by molar-refractivity contribution is -0.142. The first kappa shape index (κ1) is 16.1. The highest BCUT2D eigenvalue weighted by molar-refractivity contribution is 7.99. The minimum absolute atomic E-state index is 0.235. The summed E-state index contributed by atoms with van der Waals surface area (Å²) in [5.41, 5.74) is 2.47. The summed E-state index contributed by atoms with van der Waals surface area (Å²) < 4.78 is 5.68. The van der Waals surface area contributed by atoms with E-state index < -0.39 is 0 Å². The fourth-order valence-corrected chi connectivity index (χ4v) is 3.78. The Morgan fingerprint density at radius 3 is 2.30 bits per heavy atom. The highest BCUT2D eigenvalue weighted by Gasteiger charge is 2.35. The zero-order valence-electron chi connectivity index (χ0n) is 13.1. The molecule has 1 atom stereocenters. The Hall–Kier alpha value is -1.78. The van der Waals surface area contributed by atoms with Gasteiger partial charge in [-0.25, -0.2) is 0 Å². The number of amides is 1. The van der Waals surface area contributed by atoms with Gasteiger partial charge in [-0.2, -0.15) is 0 Å². The van der Waals surface area contributed by atoms with E-state index in [1.807, 2.05) is 53.1 Å². The third-order valence-corrected chi connectivity index (χ3v) is 5.20. The van der Waals surface area contributed by atoms with Crippen LogP contribution < -0.4 is 0 Å². The molecule has 0 N–H and O–H groups in total. The van der Waals surface area contributed by atoms with Crippen molar-refractivity contribution in [1.82, 2.24) is 4.90 Å². The molecule has 0 aromatic heterocycles. The van der Waals surface area contributed by atoms with Crippen LogP contribution in [0.2, 0.25) is 0 Å². The third-order valence-electron chi connectivity index (χ3n) is 3.89. The van der Waals surface area contributed by atoms with E-state index in [0.29, 0.717) is 31.6 Å². The number of likely N-dealkylation sites (tertiary alicyclic amines) is 1. The summed E-state index contributed by atoms with van der Waals surface area (Å²) in [6.45, 7) is 1.87. The van der Waals surface area contributed by atoms with Gasteiger partial charge in [-0.3, -0.25) is 4.79 Å². The molecule has 2 aromatic rings. The van der Waals surface area contributed by atoms with Crippen molar-refractivity contribution in [2.24, 2.45) is 0 Å². The summed E-state index contributed by atoms with van der Waals surface area (Å²) in [6, 6.07) is 20.5. The maximum Gasteiger partial charge on any atom is 0.226 e. The van der Waals surface area contributed by atoms with Gasteiger partial charge in [-0.1, -0.05) is 60.7 Å². The van der Waals surface area contributed by atoms with E-state index >= 15 is 0 Å². The lowest BCUT2D eigenvalue weighted by Gasteiger charge is -2.40. The summed E-state index contributed by atoms with van der Waals surface area (Å²) in [5, 5.41) is 0.294. The van der Waals surface area contributed by atoms with E-state index in [1.165, 1.54) is 5.56 Å². The molecule has 1 aliphatic rings. The van der Waals surface area contributed by atoms with Gasteiger partial charge in [-0.05, 0) is 11.1 Å². The molecule has 2 aromatic carbocycles. The minimum atomic E-state index is 0.235. The molecule has 3 rings (SSSR count). The van der Waals surface area contributed by atoms with Gasteiger partial charge in [0.25, 0.3) is 0 Å². The van der Waals surface area contributed by atoms with Crippen LogP contribution in [0.5, 0.6) is 0 Å². The molecular formula is C19H21NO2S. The van der Waals surface area contributed by atoms with Crippen molar-refractivity contribution in [1.29, 1.82) is 0 Å². The molecule has 4 heteroatoms. The number of hydrogen-bond donors (Lipinski definition) is 0. The first-order chi connectivity index (χ1) is 11.3.